The lowest BCUT2D eigenvalue weighted by atomic mass is 10.2. The maximum atomic E-state index is 8.46. The molecule has 0 radical (unpaired) electrons. The van der Waals surface area contributed by atoms with Gasteiger partial charge in [-0.3, -0.25) is 0 Å². The lowest BCUT2D eigenvalue weighted by Crippen LogP contribution is -2.29. The van der Waals surface area contributed by atoms with Gasteiger partial charge in [0, 0.05) is 13.2 Å². The number of hydrogen-bond donors (Lipinski definition) is 1. The Hall–Kier alpha value is -0.315. The van der Waals surface area contributed by atoms with Crippen molar-refractivity contribution in [1.29, 1.82) is 0 Å². The van der Waals surface area contributed by atoms with Crippen molar-refractivity contribution in [3.8, 4) is 0 Å². The molecule has 0 unspecified atom stereocenters. The third-order valence-corrected chi connectivity index (χ3v) is 0.810. The summed E-state index contributed by atoms with van der Waals surface area (Å²) in [6, 6.07) is 0. The minimum absolute atomic E-state index is 0.612. The van der Waals surface area contributed by atoms with E-state index in [-0.39, 0.29) is 0 Å². The van der Waals surface area contributed by atoms with E-state index >= 15 is 0 Å². The number of hydrogen-bond acceptors (Lipinski definition) is 3. The molecule has 1 aliphatic heterocycles. The van der Waals surface area contributed by atoms with E-state index in [2.05, 4.69) is 15.9 Å². The highest BCUT2D eigenvalue weighted by Crippen LogP contribution is 1.95. The quantitative estimate of drug-likeness (QED) is 0.399. The highest BCUT2D eigenvalue weighted by Gasteiger charge is 2.18. The van der Waals surface area contributed by atoms with Crippen LogP contribution in [0.1, 0.15) is 13.3 Å². The summed E-state index contributed by atoms with van der Waals surface area (Å²) in [6.45, 7) is 6.47. The summed E-state index contributed by atoms with van der Waals surface area (Å²) >= 11 is 0. The second kappa shape index (κ2) is 6.80. The van der Waals surface area contributed by atoms with Gasteiger partial charge in [0.05, 0.1) is 0 Å². The van der Waals surface area contributed by atoms with Gasteiger partial charge >= 0.3 is 7.32 Å². The molecule has 0 saturated carbocycles. The van der Waals surface area contributed by atoms with Crippen LogP contribution in [0, 0.1) is 0 Å². The van der Waals surface area contributed by atoms with Crippen LogP contribution in [0.3, 0.4) is 0 Å². The Balaban J connectivity index is 0.000000236. The fourth-order valence-corrected chi connectivity index (χ4v) is 0.475. The van der Waals surface area contributed by atoms with Gasteiger partial charge < -0.3 is 14.3 Å². The first-order valence-corrected chi connectivity index (χ1v) is 3.29. The van der Waals surface area contributed by atoms with Crippen LogP contribution in [0.2, 0.25) is 0 Å². The fourth-order valence-electron chi connectivity index (χ4n) is 0.475. The summed E-state index contributed by atoms with van der Waals surface area (Å²) in [7, 11) is -0.964. The Kier molecular flexibility index (Phi) is 6.59. The molecule has 0 bridgehead atoms. The highest BCUT2D eigenvalue weighted by molar-refractivity contribution is 6.34. The summed E-state index contributed by atoms with van der Waals surface area (Å²) in [6.07, 6.45) is 2.64. The first kappa shape index (κ1) is 9.68. The molecule has 1 fully saturated rings. The Labute approximate surface area is 61.8 Å². The van der Waals surface area contributed by atoms with Gasteiger partial charge in [0.1, 0.15) is 0 Å². The van der Waals surface area contributed by atoms with E-state index in [0.717, 1.165) is 6.42 Å². The van der Waals surface area contributed by atoms with Crippen LogP contribution in [0.25, 0.3) is 0 Å². The predicted octanol–water partition coefficient (Wildman–Crippen LogP) is 0.593. The standard InChI is InChI=1S/C3H7BO3.C3H6/c5-4-6-2-1-3-7-4;1-3-2/h5H,1-3H2;3H,1H2,2H3. The second-order valence-corrected chi connectivity index (χ2v) is 1.81. The Morgan fingerprint density at radius 3 is 2.10 bits per heavy atom. The van der Waals surface area contributed by atoms with Crippen LogP contribution >= 0.6 is 0 Å². The largest absolute Gasteiger partial charge is 0.636 e. The number of allylic oxidation sites excluding steroid dienone is 1. The van der Waals surface area contributed by atoms with Crippen LogP contribution in [0.15, 0.2) is 12.7 Å². The molecule has 0 aliphatic carbocycles. The summed E-state index contributed by atoms with van der Waals surface area (Å²) in [4.78, 5) is 0. The molecule has 0 atom stereocenters. The molecular weight excluding hydrogens is 131 g/mol. The van der Waals surface area contributed by atoms with Crippen LogP contribution in [-0.2, 0) is 9.31 Å². The molecule has 1 aliphatic rings. The zero-order chi connectivity index (χ0) is 7.82. The SMILES string of the molecule is C=CC.OB1OCCCO1. The summed E-state index contributed by atoms with van der Waals surface area (Å²) < 4.78 is 9.22. The molecule has 1 rings (SSSR count). The average molecular weight is 144 g/mol. The molecule has 10 heavy (non-hydrogen) atoms. The average Bonchev–Trinajstić information content (AvgIpc) is 1.91. The van der Waals surface area contributed by atoms with E-state index in [1.807, 2.05) is 6.92 Å². The van der Waals surface area contributed by atoms with E-state index in [9.17, 15) is 0 Å². The minimum atomic E-state index is -0.964. The van der Waals surface area contributed by atoms with Crippen molar-refractivity contribution in [3.63, 3.8) is 0 Å². The van der Waals surface area contributed by atoms with Crippen molar-refractivity contribution in [2.75, 3.05) is 13.2 Å². The Morgan fingerprint density at radius 2 is 1.90 bits per heavy atom. The first-order valence-electron chi connectivity index (χ1n) is 3.29. The zero-order valence-electron chi connectivity index (χ0n) is 6.25. The molecular formula is C6H13BO3. The molecule has 0 aromatic rings. The molecule has 0 aromatic heterocycles. The maximum absolute atomic E-state index is 8.46. The highest BCUT2D eigenvalue weighted by atomic mass is 16.7. The van der Waals surface area contributed by atoms with Crippen molar-refractivity contribution in [2.24, 2.45) is 0 Å². The maximum Gasteiger partial charge on any atom is 0.636 e. The summed E-state index contributed by atoms with van der Waals surface area (Å²) in [5, 5.41) is 8.46. The molecule has 0 amide bonds. The third-order valence-electron chi connectivity index (χ3n) is 0.810. The topological polar surface area (TPSA) is 38.7 Å². The molecule has 0 spiro atoms. The molecule has 4 heteroatoms. The van der Waals surface area contributed by atoms with Crippen LogP contribution in [-0.4, -0.2) is 25.6 Å². The van der Waals surface area contributed by atoms with Crippen molar-refractivity contribution in [2.45, 2.75) is 13.3 Å². The van der Waals surface area contributed by atoms with E-state index < -0.39 is 7.32 Å². The molecule has 1 saturated heterocycles. The van der Waals surface area contributed by atoms with Crippen LogP contribution in [0.5, 0.6) is 0 Å². The third kappa shape index (κ3) is 5.82. The van der Waals surface area contributed by atoms with Gasteiger partial charge in [0.25, 0.3) is 0 Å². The predicted molar refractivity (Wildman–Crippen MR) is 40.4 cm³/mol. The van der Waals surface area contributed by atoms with E-state index in [1.54, 1.807) is 6.08 Å². The Morgan fingerprint density at radius 1 is 1.50 bits per heavy atom. The van der Waals surface area contributed by atoms with Gasteiger partial charge in [-0.2, -0.15) is 0 Å². The van der Waals surface area contributed by atoms with E-state index in [1.165, 1.54) is 0 Å². The molecule has 1 N–H and O–H groups in total. The van der Waals surface area contributed by atoms with Gasteiger partial charge in [0.15, 0.2) is 0 Å². The van der Waals surface area contributed by atoms with Crippen LogP contribution in [0.4, 0.5) is 0 Å². The van der Waals surface area contributed by atoms with Gasteiger partial charge in [-0.1, -0.05) is 6.08 Å². The molecule has 1 heterocycles. The molecule has 3 nitrogen and oxygen atoms in total. The van der Waals surface area contributed by atoms with Crippen LogP contribution < -0.4 is 0 Å². The lowest BCUT2D eigenvalue weighted by Gasteiger charge is -2.12. The van der Waals surface area contributed by atoms with Crippen molar-refractivity contribution >= 4 is 7.32 Å². The lowest BCUT2D eigenvalue weighted by molar-refractivity contribution is 0.0824. The zero-order valence-corrected chi connectivity index (χ0v) is 6.25. The summed E-state index contributed by atoms with van der Waals surface area (Å²) in [5.74, 6) is 0. The molecule has 0 aromatic carbocycles. The van der Waals surface area contributed by atoms with Crippen molar-refractivity contribution < 1.29 is 14.3 Å². The van der Waals surface area contributed by atoms with Gasteiger partial charge in [0.2, 0.25) is 0 Å². The monoisotopic (exact) mass is 144 g/mol. The van der Waals surface area contributed by atoms with Gasteiger partial charge in [-0.05, 0) is 13.3 Å². The first-order chi connectivity index (χ1) is 4.81. The van der Waals surface area contributed by atoms with Gasteiger partial charge in [-0.15, -0.1) is 6.58 Å². The Bertz CT molecular complexity index is 81.1. The summed E-state index contributed by atoms with van der Waals surface area (Å²) in [5.41, 5.74) is 0. The van der Waals surface area contributed by atoms with Crippen molar-refractivity contribution in [3.05, 3.63) is 12.7 Å². The number of rotatable bonds is 0. The van der Waals surface area contributed by atoms with E-state index in [4.69, 9.17) is 5.02 Å². The second-order valence-electron chi connectivity index (χ2n) is 1.81. The smallest absolute Gasteiger partial charge is 0.402 e. The normalized spacial score (nSPS) is 17.2. The van der Waals surface area contributed by atoms with E-state index in [0.29, 0.717) is 13.2 Å². The fraction of sp³-hybridized carbons (Fsp3) is 0.667. The van der Waals surface area contributed by atoms with Crippen molar-refractivity contribution in [1.82, 2.24) is 0 Å². The van der Waals surface area contributed by atoms with Gasteiger partial charge in [-0.25, -0.2) is 0 Å². The molecule has 58 valence electrons. The minimum Gasteiger partial charge on any atom is -0.402 e.